The number of rotatable bonds is 4. The Morgan fingerprint density at radius 3 is 2.22 bits per heavy atom. The number of benzene rings is 3. The summed E-state index contributed by atoms with van der Waals surface area (Å²) in [6, 6.07) is 28.9. The van der Waals surface area contributed by atoms with Crippen LogP contribution in [0.2, 0.25) is 0 Å². The lowest BCUT2D eigenvalue weighted by atomic mass is 9.96. The van der Waals surface area contributed by atoms with Crippen molar-refractivity contribution in [3.8, 4) is 22.4 Å². The monoisotopic (exact) mass is 422 g/mol. The molecular formula is C27H26N4O. The summed E-state index contributed by atoms with van der Waals surface area (Å²) in [5, 5.41) is 8.82. The maximum absolute atomic E-state index is 13.2. The lowest BCUT2D eigenvalue weighted by molar-refractivity contribution is 0.146. The Balaban J connectivity index is 1.32. The number of piperidine rings is 1. The Morgan fingerprint density at radius 1 is 0.812 bits per heavy atom. The van der Waals surface area contributed by atoms with Crippen molar-refractivity contribution in [1.82, 2.24) is 19.9 Å². The van der Waals surface area contributed by atoms with Gasteiger partial charge in [-0.1, -0.05) is 89.7 Å². The normalized spacial score (nSPS) is 16.1. The highest BCUT2D eigenvalue weighted by atomic mass is 16.2. The van der Waals surface area contributed by atoms with Gasteiger partial charge in [0.25, 0.3) is 0 Å². The molecule has 1 amide bonds. The molecule has 1 fully saturated rings. The smallest absolute Gasteiger partial charge is 0.318 e. The van der Waals surface area contributed by atoms with E-state index in [2.05, 4.69) is 58.7 Å². The fraction of sp³-hybridized carbons (Fsp3) is 0.222. The Bertz CT molecular complexity index is 1170. The number of hydrogen-bond acceptors (Lipinski definition) is 3. The maximum Gasteiger partial charge on any atom is 0.362 e. The van der Waals surface area contributed by atoms with Crippen LogP contribution in [0.3, 0.4) is 0 Å². The fourth-order valence-corrected chi connectivity index (χ4v) is 4.42. The van der Waals surface area contributed by atoms with Crippen LogP contribution in [-0.2, 0) is 6.42 Å². The number of likely N-dealkylation sites (tertiary alicyclic amines) is 1. The Hall–Kier alpha value is -3.73. The van der Waals surface area contributed by atoms with Crippen LogP contribution < -0.4 is 0 Å². The molecular weight excluding hydrogens is 396 g/mol. The third kappa shape index (κ3) is 4.33. The molecule has 5 rings (SSSR count). The molecule has 0 saturated carbocycles. The zero-order chi connectivity index (χ0) is 21.8. The van der Waals surface area contributed by atoms with Crippen LogP contribution in [0.15, 0.2) is 91.1 Å². The molecule has 1 unspecified atom stereocenters. The lowest BCUT2D eigenvalue weighted by Crippen LogP contribution is -2.47. The van der Waals surface area contributed by atoms with E-state index in [1.54, 1.807) is 6.20 Å². The van der Waals surface area contributed by atoms with Crippen molar-refractivity contribution in [3.05, 3.63) is 96.7 Å². The van der Waals surface area contributed by atoms with Crippen LogP contribution in [-0.4, -0.2) is 38.5 Å². The minimum absolute atomic E-state index is 0.141. The largest absolute Gasteiger partial charge is 0.362 e. The van der Waals surface area contributed by atoms with E-state index in [1.807, 2.05) is 41.3 Å². The van der Waals surface area contributed by atoms with Crippen LogP contribution in [0.5, 0.6) is 0 Å². The maximum atomic E-state index is 13.2. The molecule has 0 bridgehead atoms. The Labute approximate surface area is 188 Å². The molecule has 1 aliphatic rings. The number of hydrogen-bond donors (Lipinski definition) is 0. The van der Waals surface area contributed by atoms with Gasteiger partial charge in [-0.25, -0.2) is 4.79 Å². The van der Waals surface area contributed by atoms with Gasteiger partial charge >= 0.3 is 6.03 Å². The number of carbonyl (C=O) groups excluding carboxylic acids is 1. The quantitative estimate of drug-likeness (QED) is 0.425. The third-order valence-electron chi connectivity index (χ3n) is 6.14. The summed E-state index contributed by atoms with van der Waals surface area (Å²) in [6.45, 7) is 0.749. The van der Waals surface area contributed by atoms with Crippen LogP contribution in [0.4, 0.5) is 4.79 Å². The molecule has 1 atom stereocenters. The van der Waals surface area contributed by atoms with Crippen LogP contribution >= 0.6 is 0 Å². The van der Waals surface area contributed by atoms with E-state index in [0.29, 0.717) is 5.69 Å². The van der Waals surface area contributed by atoms with Gasteiger partial charge in [0.1, 0.15) is 5.69 Å². The molecule has 3 aromatic carbocycles. The molecule has 1 saturated heterocycles. The zero-order valence-electron chi connectivity index (χ0n) is 18.0. The molecule has 2 heterocycles. The van der Waals surface area contributed by atoms with Crippen LogP contribution in [0, 0.1) is 0 Å². The predicted octanol–water partition coefficient (Wildman–Crippen LogP) is 5.68. The first-order valence-corrected chi connectivity index (χ1v) is 11.2. The number of amides is 1. The summed E-state index contributed by atoms with van der Waals surface area (Å²) in [5.74, 6) is 0. The van der Waals surface area contributed by atoms with E-state index in [1.165, 1.54) is 15.9 Å². The molecule has 160 valence electrons. The van der Waals surface area contributed by atoms with E-state index < -0.39 is 0 Å². The SMILES string of the molecule is O=C(N1CCCCC1Cc1ccccc1)n1ncc(-c2ccc(-c3ccccc3)cc2)n1. The van der Waals surface area contributed by atoms with Crippen molar-refractivity contribution in [1.29, 1.82) is 0 Å². The molecule has 5 nitrogen and oxygen atoms in total. The average Bonchev–Trinajstić information content (AvgIpc) is 3.36. The highest BCUT2D eigenvalue weighted by molar-refractivity contribution is 5.76. The van der Waals surface area contributed by atoms with Gasteiger partial charge in [-0.2, -0.15) is 5.10 Å². The second-order valence-corrected chi connectivity index (χ2v) is 8.28. The first-order chi connectivity index (χ1) is 15.8. The summed E-state index contributed by atoms with van der Waals surface area (Å²) in [5.41, 5.74) is 5.23. The van der Waals surface area contributed by atoms with Gasteiger partial charge in [0, 0.05) is 18.2 Å². The second kappa shape index (κ2) is 9.18. The summed E-state index contributed by atoms with van der Waals surface area (Å²) in [6.07, 6.45) is 5.71. The van der Waals surface area contributed by atoms with Gasteiger partial charge in [-0.05, 0) is 42.4 Å². The van der Waals surface area contributed by atoms with Crippen molar-refractivity contribution in [3.63, 3.8) is 0 Å². The van der Waals surface area contributed by atoms with E-state index in [4.69, 9.17) is 0 Å². The van der Waals surface area contributed by atoms with E-state index in [0.717, 1.165) is 43.4 Å². The van der Waals surface area contributed by atoms with Crippen LogP contribution in [0.1, 0.15) is 24.8 Å². The summed E-state index contributed by atoms with van der Waals surface area (Å²) < 4.78 is 0. The van der Waals surface area contributed by atoms with E-state index >= 15 is 0 Å². The van der Waals surface area contributed by atoms with Gasteiger partial charge in [0.15, 0.2) is 0 Å². The second-order valence-electron chi connectivity index (χ2n) is 8.28. The molecule has 0 radical (unpaired) electrons. The van der Waals surface area contributed by atoms with Gasteiger partial charge in [-0.15, -0.1) is 5.10 Å². The minimum Gasteiger partial charge on any atom is -0.318 e. The Kier molecular flexibility index (Phi) is 5.79. The van der Waals surface area contributed by atoms with Gasteiger partial charge < -0.3 is 4.90 Å². The molecule has 0 spiro atoms. The predicted molar refractivity (Wildman–Crippen MR) is 126 cm³/mol. The highest BCUT2D eigenvalue weighted by Gasteiger charge is 2.29. The molecule has 32 heavy (non-hydrogen) atoms. The number of nitrogens with zero attached hydrogens (tertiary/aromatic N) is 4. The van der Waals surface area contributed by atoms with Crippen molar-refractivity contribution in [2.45, 2.75) is 31.7 Å². The van der Waals surface area contributed by atoms with Gasteiger partial charge in [-0.3, -0.25) is 0 Å². The van der Waals surface area contributed by atoms with Gasteiger partial charge in [0.2, 0.25) is 0 Å². The van der Waals surface area contributed by atoms with Crippen molar-refractivity contribution in [2.75, 3.05) is 6.54 Å². The molecule has 0 aliphatic carbocycles. The minimum atomic E-state index is -0.141. The van der Waals surface area contributed by atoms with Crippen molar-refractivity contribution < 1.29 is 4.79 Å². The molecule has 4 aromatic rings. The molecule has 5 heteroatoms. The van der Waals surface area contributed by atoms with Gasteiger partial charge in [0.05, 0.1) is 6.20 Å². The average molecular weight is 423 g/mol. The molecule has 1 aromatic heterocycles. The van der Waals surface area contributed by atoms with Crippen molar-refractivity contribution in [2.24, 2.45) is 0 Å². The molecule has 1 aliphatic heterocycles. The lowest BCUT2D eigenvalue weighted by Gasteiger charge is -2.35. The van der Waals surface area contributed by atoms with Crippen LogP contribution in [0.25, 0.3) is 22.4 Å². The first-order valence-electron chi connectivity index (χ1n) is 11.2. The van der Waals surface area contributed by atoms with E-state index in [9.17, 15) is 4.79 Å². The van der Waals surface area contributed by atoms with Crippen molar-refractivity contribution >= 4 is 6.03 Å². The third-order valence-corrected chi connectivity index (χ3v) is 6.14. The number of carbonyl (C=O) groups is 1. The number of aromatic nitrogens is 3. The fourth-order valence-electron chi connectivity index (χ4n) is 4.42. The topological polar surface area (TPSA) is 51.0 Å². The summed E-state index contributed by atoms with van der Waals surface area (Å²) in [4.78, 5) is 16.4. The Morgan fingerprint density at radius 2 is 1.47 bits per heavy atom. The summed E-state index contributed by atoms with van der Waals surface area (Å²) in [7, 11) is 0. The summed E-state index contributed by atoms with van der Waals surface area (Å²) >= 11 is 0. The standard InChI is InChI=1S/C27H26N4O/c32-27(30-18-8-7-13-25(30)19-21-9-3-1-4-10-21)31-28-20-26(29-31)24-16-14-23(15-17-24)22-11-5-2-6-12-22/h1-6,9-12,14-17,20,25H,7-8,13,18-19H2. The van der Waals surface area contributed by atoms with E-state index in [-0.39, 0.29) is 12.1 Å². The zero-order valence-corrected chi connectivity index (χ0v) is 18.0. The highest BCUT2D eigenvalue weighted by Crippen LogP contribution is 2.24. The first kappa shape index (κ1) is 20.2. The molecule has 0 N–H and O–H groups in total.